The summed E-state index contributed by atoms with van der Waals surface area (Å²) in [4.78, 5) is 19.3. The number of benzene rings is 2. The molecule has 1 atom stereocenters. The third-order valence-electron chi connectivity index (χ3n) is 5.23. The Hall–Kier alpha value is -2.29. The van der Waals surface area contributed by atoms with E-state index in [0.29, 0.717) is 41.4 Å². The van der Waals surface area contributed by atoms with Crippen LogP contribution >= 0.6 is 15.9 Å². The van der Waals surface area contributed by atoms with Crippen LogP contribution in [0.1, 0.15) is 34.3 Å². The second-order valence-electron chi connectivity index (χ2n) is 7.43. The smallest absolute Gasteiger partial charge is 0.299 e. The molecule has 0 bridgehead atoms. The Morgan fingerprint density at radius 2 is 1.97 bits per heavy atom. The number of hydrogen-bond acceptors (Lipinski definition) is 5. The summed E-state index contributed by atoms with van der Waals surface area (Å²) in [5, 5.41) is 0.708. The summed E-state index contributed by atoms with van der Waals surface area (Å²) in [7, 11) is -4.00. The summed E-state index contributed by atoms with van der Waals surface area (Å²) < 4.78 is 32.2. The fourth-order valence-corrected chi connectivity index (χ4v) is 5.45. The SMILES string of the molecule is Cc1ccc(S(=O)(=O)O[C@@H]2CCCN2C(=O)c2ccnc3ccc(Br)cc23)c(C)c1. The molecule has 1 aliphatic heterocycles. The van der Waals surface area contributed by atoms with Crippen molar-refractivity contribution in [2.24, 2.45) is 0 Å². The average molecular weight is 489 g/mol. The van der Waals surface area contributed by atoms with E-state index < -0.39 is 16.3 Å². The van der Waals surface area contributed by atoms with Gasteiger partial charge in [-0.2, -0.15) is 8.42 Å². The summed E-state index contributed by atoms with van der Waals surface area (Å²) in [6.07, 6.45) is 1.88. The van der Waals surface area contributed by atoms with Crippen molar-refractivity contribution in [2.45, 2.75) is 37.8 Å². The molecule has 3 aromatic rings. The number of halogens is 1. The third kappa shape index (κ3) is 3.99. The van der Waals surface area contributed by atoms with Crippen LogP contribution < -0.4 is 0 Å². The zero-order chi connectivity index (χ0) is 21.5. The predicted octanol–water partition coefficient (Wildman–Crippen LogP) is 4.58. The van der Waals surface area contributed by atoms with E-state index in [1.165, 1.54) is 4.90 Å². The van der Waals surface area contributed by atoms with Crippen LogP contribution in [-0.2, 0) is 14.3 Å². The first kappa shape index (κ1) is 21.0. The Kier molecular flexibility index (Phi) is 5.65. The molecular formula is C22H21BrN2O4S. The molecule has 1 aliphatic rings. The monoisotopic (exact) mass is 488 g/mol. The van der Waals surface area contributed by atoms with Gasteiger partial charge in [0, 0.05) is 22.6 Å². The molecule has 0 unspecified atom stereocenters. The van der Waals surface area contributed by atoms with Crippen LogP contribution in [0.25, 0.3) is 10.9 Å². The molecule has 1 amide bonds. The van der Waals surface area contributed by atoms with E-state index in [4.69, 9.17) is 4.18 Å². The lowest BCUT2D eigenvalue weighted by Gasteiger charge is -2.25. The van der Waals surface area contributed by atoms with Gasteiger partial charge in [-0.05, 0) is 62.6 Å². The molecule has 1 saturated heterocycles. The van der Waals surface area contributed by atoms with Gasteiger partial charge in [-0.25, -0.2) is 4.18 Å². The summed E-state index contributed by atoms with van der Waals surface area (Å²) in [5.74, 6) is -0.265. The van der Waals surface area contributed by atoms with Crippen LogP contribution in [0.4, 0.5) is 0 Å². The lowest BCUT2D eigenvalue weighted by Crippen LogP contribution is -2.38. The van der Waals surface area contributed by atoms with Gasteiger partial charge in [0.2, 0.25) is 0 Å². The quantitative estimate of drug-likeness (QED) is 0.502. The van der Waals surface area contributed by atoms with Crippen LogP contribution in [0.5, 0.6) is 0 Å². The van der Waals surface area contributed by atoms with Crippen LogP contribution in [0.3, 0.4) is 0 Å². The second-order valence-corrected chi connectivity index (χ2v) is 9.89. The van der Waals surface area contributed by atoms with Crippen LogP contribution in [-0.4, -0.2) is 37.0 Å². The standard InChI is InChI=1S/C22H21BrN2O4S/c1-14-5-8-20(15(2)12-14)30(27,28)29-21-4-3-11-25(21)22(26)17-9-10-24-19-7-6-16(23)13-18(17)19/h5-10,12-13,21H,3-4,11H2,1-2H3/t21-/m1/s1. The van der Waals surface area contributed by atoms with E-state index in [1.54, 1.807) is 37.4 Å². The second kappa shape index (κ2) is 8.09. The Balaban J connectivity index is 1.64. The third-order valence-corrected chi connectivity index (χ3v) is 7.20. The zero-order valence-corrected chi connectivity index (χ0v) is 19.0. The highest BCUT2D eigenvalue weighted by atomic mass is 79.9. The number of fused-ring (bicyclic) bond motifs is 1. The van der Waals surface area contributed by atoms with E-state index in [0.717, 1.165) is 10.0 Å². The van der Waals surface area contributed by atoms with Gasteiger partial charge in [-0.15, -0.1) is 0 Å². The maximum absolute atomic E-state index is 13.3. The van der Waals surface area contributed by atoms with E-state index in [9.17, 15) is 13.2 Å². The maximum Gasteiger partial charge on any atom is 0.299 e. The maximum atomic E-state index is 13.3. The highest BCUT2D eigenvalue weighted by Gasteiger charge is 2.35. The molecule has 156 valence electrons. The van der Waals surface area contributed by atoms with Gasteiger partial charge in [0.15, 0.2) is 6.23 Å². The largest absolute Gasteiger partial charge is 0.311 e. The van der Waals surface area contributed by atoms with Crippen LogP contribution in [0.15, 0.2) is 58.0 Å². The Bertz CT molecular complexity index is 1240. The molecular weight excluding hydrogens is 468 g/mol. The first-order valence-electron chi connectivity index (χ1n) is 9.62. The molecule has 0 radical (unpaired) electrons. The van der Waals surface area contributed by atoms with E-state index in [2.05, 4.69) is 20.9 Å². The summed E-state index contributed by atoms with van der Waals surface area (Å²) in [6, 6.07) is 12.3. The molecule has 1 aromatic heterocycles. The van der Waals surface area contributed by atoms with E-state index in [1.807, 2.05) is 25.1 Å². The summed E-state index contributed by atoms with van der Waals surface area (Å²) in [5.41, 5.74) is 2.76. The molecule has 0 spiro atoms. The number of amides is 1. The molecule has 4 rings (SSSR count). The number of aromatic nitrogens is 1. The minimum atomic E-state index is -4.00. The van der Waals surface area contributed by atoms with Crippen molar-refractivity contribution in [2.75, 3.05) is 6.54 Å². The summed E-state index contributed by atoms with van der Waals surface area (Å²) >= 11 is 3.43. The summed E-state index contributed by atoms with van der Waals surface area (Å²) in [6.45, 7) is 4.07. The number of rotatable bonds is 4. The van der Waals surface area contributed by atoms with Gasteiger partial charge in [-0.3, -0.25) is 9.78 Å². The number of hydrogen-bond donors (Lipinski definition) is 0. The Morgan fingerprint density at radius 3 is 2.73 bits per heavy atom. The number of carbonyl (C=O) groups excluding carboxylic acids is 1. The van der Waals surface area contributed by atoms with Crippen molar-refractivity contribution in [3.63, 3.8) is 0 Å². The molecule has 2 aromatic carbocycles. The van der Waals surface area contributed by atoms with E-state index >= 15 is 0 Å². The molecule has 0 saturated carbocycles. The minimum Gasteiger partial charge on any atom is -0.311 e. The van der Waals surface area contributed by atoms with E-state index in [-0.39, 0.29) is 10.8 Å². The lowest BCUT2D eigenvalue weighted by atomic mass is 10.1. The topological polar surface area (TPSA) is 76.6 Å². The molecule has 2 heterocycles. The molecule has 6 nitrogen and oxygen atoms in total. The first-order chi connectivity index (χ1) is 14.3. The van der Waals surface area contributed by atoms with Crippen molar-refractivity contribution in [1.82, 2.24) is 9.88 Å². The molecule has 8 heteroatoms. The zero-order valence-electron chi connectivity index (χ0n) is 16.6. The van der Waals surface area contributed by atoms with Crippen molar-refractivity contribution in [1.29, 1.82) is 0 Å². The fourth-order valence-electron chi connectivity index (χ4n) is 3.81. The molecule has 1 fully saturated rings. The van der Waals surface area contributed by atoms with Gasteiger partial charge in [0.1, 0.15) is 0 Å². The average Bonchev–Trinajstić information content (AvgIpc) is 3.14. The highest BCUT2D eigenvalue weighted by Crippen LogP contribution is 2.29. The molecule has 30 heavy (non-hydrogen) atoms. The number of aryl methyl sites for hydroxylation is 2. The lowest BCUT2D eigenvalue weighted by molar-refractivity contribution is 0.0430. The molecule has 0 aliphatic carbocycles. The van der Waals surface area contributed by atoms with Gasteiger partial charge in [0.25, 0.3) is 16.0 Å². The Morgan fingerprint density at radius 1 is 1.17 bits per heavy atom. The van der Waals surface area contributed by atoms with Gasteiger partial charge in [0.05, 0.1) is 16.0 Å². The molecule has 0 N–H and O–H groups in total. The van der Waals surface area contributed by atoms with Crippen molar-refractivity contribution < 1.29 is 17.4 Å². The van der Waals surface area contributed by atoms with Crippen LogP contribution in [0, 0.1) is 13.8 Å². The van der Waals surface area contributed by atoms with Crippen LogP contribution in [0.2, 0.25) is 0 Å². The normalized spacial score (nSPS) is 16.9. The van der Waals surface area contributed by atoms with Crippen molar-refractivity contribution >= 4 is 42.9 Å². The number of pyridine rings is 1. The van der Waals surface area contributed by atoms with Gasteiger partial charge < -0.3 is 4.90 Å². The number of likely N-dealkylation sites (tertiary alicyclic amines) is 1. The van der Waals surface area contributed by atoms with Gasteiger partial charge in [-0.1, -0.05) is 33.6 Å². The van der Waals surface area contributed by atoms with Gasteiger partial charge >= 0.3 is 0 Å². The van der Waals surface area contributed by atoms with Crippen molar-refractivity contribution in [3.05, 3.63) is 69.8 Å². The number of carbonyl (C=O) groups is 1. The Labute approximate surface area is 184 Å². The highest BCUT2D eigenvalue weighted by molar-refractivity contribution is 9.10. The number of nitrogens with zero attached hydrogens (tertiary/aromatic N) is 2. The van der Waals surface area contributed by atoms with Crippen molar-refractivity contribution in [3.8, 4) is 0 Å². The predicted molar refractivity (Wildman–Crippen MR) is 118 cm³/mol. The fraction of sp³-hybridized carbons (Fsp3) is 0.273. The minimum absolute atomic E-state index is 0.130. The first-order valence-corrected chi connectivity index (χ1v) is 11.8.